The van der Waals surface area contributed by atoms with Gasteiger partial charge in [0.2, 0.25) is 0 Å². The number of fused-ring (bicyclic) bond motifs is 2. The molecule has 0 radical (unpaired) electrons. The van der Waals surface area contributed by atoms with E-state index in [2.05, 4.69) is 0 Å². The van der Waals surface area contributed by atoms with Crippen LogP contribution in [0.2, 0.25) is 5.02 Å². The van der Waals surface area contributed by atoms with Crippen molar-refractivity contribution in [1.29, 1.82) is 0 Å². The van der Waals surface area contributed by atoms with Crippen molar-refractivity contribution in [2.24, 2.45) is 0 Å². The number of hydrogen-bond acceptors (Lipinski definition) is 5. The molecule has 1 aliphatic heterocycles. The number of ether oxygens (including phenoxy) is 2. The molecule has 1 unspecified atom stereocenters. The summed E-state index contributed by atoms with van der Waals surface area (Å²) < 4.78 is 36.7. The number of amides is 1. The van der Waals surface area contributed by atoms with Crippen LogP contribution < -0.4 is 9.64 Å². The molecule has 1 N–H and O–H groups in total. The van der Waals surface area contributed by atoms with Gasteiger partial charge >= 0.3 is 5.97 Å². The van der Waals surface area contributed by atoms with Crippen LogP contribution in [-0.2, 0) is 22.4 Å². The van der Waals surface area contributed by atoms with Gasteiger partial charge in [-0.3, -0.25) is 14.5 Å². The SMILES string of the molecule is CCCc1c2c(c(OCC(F)F)c3ccccc13)C(O)N(c1ccc(CC(=O)OCC)cc1Cl)C2=O. The fourth-order valence-corrected chi connectivity index (χ4v) is 4.93. The van der Waals surface area contributed by atoms with E-state index >= 15 is 0 Å². The van der Waals surface area contributed by atoms with Crippen molar-refractivity contribution >= 4 is 39.9 Å². The highest BCUT2D eigenvalue weighted by Gasteiger charge is 2.43. The topological polar surface area (TPSA) is 76.1 Å². The van der Waals surface area contributed by atoms with E-state index in [0.717, 1.165) is 11.3 Å². The third-order valence-electron chi connectivity index (χ3n) is 6.03. The lowest BCUT2D eigenvalue weighted by Gasteiger charge is -2.23. The number of nitrogens with zero attached hydrogens (tertiary/aromatic N) is 1. The normalized spacial score (nSPS) is 15.0. The van der Waals surface area contributed by atoms with Gasteiger partial charge in [-0.05, 0) is 42.0 Å². The van der Waals surface area contributed by atoms with E-state index in [-0.39, 0.29) is 40.6 Å². The molecule has 6 nitrogen and oxygen atoms in total. The molecule has 0 spiro atoms. The van der Waals surface area contributed by atoms with E-state index in [4.69, 9.17) is 21.1 Å². The predicted molar refractivity (Wildman–Crippen MR) is 133 cm³/mol. The first kappa shape index (κ1) is 25.9. The Morgan fingerprint density at radius 2 is 1.89 bits per heavy atom. The van der Waals surface area contributed by atoms with Crippen molar-refractivity contribution in [2.45, 2.75) is 45.8 Å². The Balaban J connectivity index is 1.84. The highest BCUT2D eigenvalue weighted by atomic mass is 35.5. The molecule has 1 amide bonds. The van der Waals surface area contributed by atoms with Crippen molar-refractivity contribution in [3.8, 4) is 5.75 Å². The van der Waals surface area contributed by atoms with Crippen LogP contribution in [0.5, 0.6) is 5.75 Å². The summed E-state index contributed by atoms with van der Waals surface area (Å²) in [5.74, 6) is -0.865. The van der Waals surface area contributed by atoms with Crippen molar-refractivity contribution < 1.29 is 33.0 Å². The molecule has 1 aliphatic rings. The summed E-state index contributed by atoms with van der Waals surface area (Å²) in [4.78, 5) is 26.7. The average molecular weight is 518 g/mol. The van der Waals surface area contributed by atoms with Crippen LogP contribution in [-0.4, -0.2) is 36.6 Å². The summed E-state index contributed by atoms with van der Waals surface area (Å²) in [6, 6.07) is 11.8. The Kier molecular flexibility index (Phi) is 7.76. The smallest absolute Gasteiger partial charge is 0.310 e. The van der Waals surface area contributed by atoms with Gasteiger partial charge < -0.3 is 14.6 Å². The van der Waals surface area contributed by atoms with Crippen molar-refractivity contribution in [3.05, 3.63) is 69.7 Å². The van der Waals surface area contributed by atoms with Crippen LogP contribution >= 0.6 is 11.6 Å². The van der Waals surface area contributed by atoms with Gasteiger partial charge in [-0.15, -0.1) is 0 Å². The molecule has 0 saturated carbocycles. The van der Waals surface area contributed by atoms with E-state index < -0.39 is 31.1 Å². The van der Waals surface area contributed by atoms with E-state index in [9.17, 15) is 23.5 Å². The lowest BCUT2D eigenvalue weighted by Crippen LogP contribution is -2.28. The average Bonchev–Trinajstić information content (AvgIpc) is 3.09. The van der Waals surface area contributed by atoms with E-state index in [1.165, 1.54) is 6.07 Å². The first-order valence-corrected chi connectivity index (χ1v) is 12.1. The molecule has 36 heavy (non-hydrogen) atoms. The largest absolute Gasteiger partial charge is 0.486 e. The number of carbonyl (C=O) groups excluding carboxylic acids is 2. The van der Waals surface area contributed by atoms with Crippen LogP contribution in [0.4, 0.5) is 14.5 Å². The van der Waals surface area contributed by atoms with E-state index in [1.54, 1.807) is 37.3 Å². The van der Waals surface area contributed by atoms with Crippen molar-refractivity contribution in [1.82, 2.24) is 0 Å². The third kappa shape index (κ3) is 4.75. The Bertz CT molecular complexity index is 1310. The minimum absolute atomic E-state index is 0.00220. The molecule has 0 aliphatic carbocycles. The molecule has 9 heteroatoms. The molecule has 0 aromatic heterocycles. The second kappa shape index (κ2) is 10.8. The molecule has 1 atom stereocenters. The number of rotatable bonds is 9. The Morgan fingerprint density at radius 1 is 1.17 bits per heavy atom. The summed E-state index contributed by atoms with van der Waals surface area (Å²) in [5, 5.41) is 12.8. The summed E-state index contributed by atoms with van der Waals surface area (Å²) in [6.07, 6.45) is -2.98. The van der Waals surface area contributed by atoms with Crippen molar-refractivity contribution in [2.75, 3.05) is 18.1 Å². The van der Waals surface area contributed by atoms with Gasteiger partial charge in [0.05, 0.1) is 34.9 Å². The highest BCUT2D eigenvalue weighted by Crippen LogP contribution is 2.48. The van der Waals surface area contributed by atoms with Crippen LogP contribution in [0.3, 0.4) is 0 Å². The fourth-order valence-electron chi connectivity index (χ4n) is 4.64. The van der Waals surface area contributed by atoms with Crippen molar-refractivity contribution in [3.63, 3.8) is 0 Å². The molecule has 0 fully saturated rings. The number of halogens is 3. The Morgan fingerprint density at radius 3 is 2.53 bits per heavy atom. The maximum Gasteiger partial charge on any atom is 0.310 e. The molecule has 1 heterocycles. The molecule has 3 aromatic carbocycles. The summed E-state index contributed by atoms with van der Waals surface area (Å²) in [7, 11) is 0. The molecular formula is C27H26ClF2NO5. The Labute approximate surface area is 212 Å². The molecule has 0 saturated heterocycles. The fraction of sp³-hybridized carbons (Fsp3) is 0.333. The number of aryl methyl sites for hydroxylation is 1. The predicted octanol–water partition coefficient (Wildman–Crippen LogP) is 5.85. The summed E-state index contributed by atoms with van der Waals surface area (Å²) in [5.41, 5.74) is 1.91. The highest BCUT2D eigenvalue weighted by molar-refractivity contribution is 6.34. The second-order valence-corrected chi connectivity index (χ2v) is 8.82. The van der Waals surface area contributed by atoms with Gasteiger partial charge in [0, 0.05) is 5.39 Å². The first-order chi connectivity index (χ1) is 17.3. The second-order valence-electron chi connectivity index (χ2n) is 8.41. The van der Waals surface area contributed by atoms with Crippen LogP contribution in [0.25, 0.3) is 10.8 Å². The standard InChI is InChI=1S/C27H26ClF2NO5/c1-3-7-17-16-8-5-6-9-18(16)25(36-14-21(29)30)24-23(17)26(33)31(27(24)34)20-11-10-15(12-19(20)28)13-22(32)35-4-2/h5-6,8-12,21,27,34H,3-4,7,13-14H2,1-2H3. The third-order valence-corrected chi connectivity index (χ3v) is 6.33. The zero-order valence-electron chi connectivity index (χ0n) is 19.9. The molecule has 190 valence electrons. The van der Waals surface area contributed by atoms with Crippen LogP contribution in [0, 0.1) is 0 Å². The summed E-state index contributed by atoms with van der Waals surface area (Å²) in [6.45, 7) is 3.05. The number of benzene rings is 3. The molecule has 4 rings (SSSR count). The van der Waals surface area contributed by atoms with Crippen LogP contribution in [0.15, 0.2) is 42.5 Å². The van der Waals surface area contributed by atoms with Crippen LogP contribution in [0.1, 0.15) is 53.5 Å². The quantitative estimate of drug-likeness (QED) is 0.360. The maximum absolute atomic E-state index is 13.8. The molecule has 3 aromatic rings. The zero-order valence-corrected chi connectivity index (χ0v) is 20.6. The number of alkyl halides is 2. The van der Waals surface area contributed by atoms with Gasteiger partial charge in [0.1, 0.15) is 12.4 Å². The number of hydrogen-bond donors (Lipinski definition) is 1. The number of aliphatic hydroxyl groups is 1. The lowest BCUT2D eigenvalue weighted by atomic mass is 9.91. The molecule has 0 bridgehead atoms. The minimum atomic E-state index is -2.73. The van der Waals surface area contributed by atoms with E-state index in [1.807, 2.05) is 13.0 Å². The molecular weight excluding hydrogens is 492 g/mol. The number of anilines is 1. The first-order valence-electron chi connectivity index (χ1n) is 11.7. The summed E-state index contributed by atoms with van der Waals surface area (Å²) >= 11 is 6.50. The number of esters is 1. The van der Waals surface area contributed by atoms with E-state index in [0.29, 0.717) is 28.3 Å². The number of aliphatic hydroxyl groups excluding tert-OH is 1. The lowest BCUT2D eigenvalue weighted by molar-refractivity contribution is -0.142. The monoisotopic (exact) mass is 517 g/mol. The van der Waals surface area contributed by atoms with Gasteiger partial charge in [-0.2, -0.15) is 0 Å². The maximum atomic E-state index is 13.8. The zero-order chi connectivity index (χ0) is 26.0. The Hall–Kier alpha value is -3.23. The minimum Gasteiger partial charge on any atom is -0.486 e. The van der Waals surface area contributed by atoms with Gasteiger partial charge in [0.25, 0.3) is 12.3 Å². The van der Waals surface area contributed by atoms with Gasteiger partial charge in [0.15, 0.2) is 6.23 Å². The van der Waals surface area contributed by atoms with Gasteiger partial charge in [-0.25, -0.2) is 8.78 Å². The number of carbonyl (C=O) groups is 2. The van der Waals surface area contributed by atoms with Gasteiger partial charge in [-0.1, -0.05) is 55.3 Å².